The molecule has 0 saturated heterocycles. The molecule has 2 nitrogen and oxygen atoms in total. The summed E-state index contributed by atoms with van der Waals surface area (Å²) in [5.74, 6) is -2.37. The van der Waals surface area contributed by atoms with Gasteiger partial charge in [0.2, 0.25) is 0 Å². The molecular weight excluding hydrogens is 270 g/mol. The minimum atomic E-state index is -2.82. The van der Waals surface area contributed by atoms with Crippen molar-refractivity contribution < 1.29 is 8.78 Å². The topological polar surface area (TPSA) is 38.4 Å². The van der Waals surface area contributed by atoms with Crippen LogP contribution in [0.1, 0.15) is 29.2 Å². The minimum Gasteiger partial charge on any atom is -0.383 e. The number of amidine groups is 1. The quantitative estimate of drug-likeness (QED) is 0.670. The van der Waals surface area contributed by atoms with Crippen LogP contribution in [0.5, 0.6) is 0 Å². The van der Waals surface area contributed by atoms with E-state index in [-0.39, 0.29) is 5.56 Å². The van der Waals surface area contributed by atoms with Crippen LogP contribution >= 0.6 is 0 Å². The van der Waals surface area contributed by atoms with Crippen molar-refractivity contribution in [2.24, 2.45) is 10.7 Å². The fourth-order valence-electron chi connectivity index (χ4n) is 1.97. The van der Waals surface area contributed by atoms with Crippen molar-refractivity contribution in [3.63, 3.8) is 0 Å². The summed E-state index contributed by atoms with van der Waals surface area (Å²) < 4.78 is 26.2. The molecule has 0 radical (unpaired) electrons. The minimum absolute atomic E-state index is 0.00175. The van der Waals surface area contributed by atoms with Gasteiger partial charge in [0, 0.05) is 18.1 Å². The Morgan fingerprint density at radius 1 is 1.14 bits per heavy atom. The molecule has 0 aliphatic heterocycles. The van der Waals surface area contributed by atoms with Crippen molar-refractivity contribution in [2.75, 3.05) is 0 Å². The number of aryl methyl sites for hydroxylation is 1. The van der Waals surface area contributed by atoms with Crippen molar-refractivity contribution in [3.8, 4) is 0 Å². The molecule has 21 heavy (non-hydrogen) atoms. The molecule has 0 spiro atoms. The Morgan fingerprint density at radius 3 is 2.38 bits per heavy atom. The van der Waals surface area contributed by atoms with Crippen molar-refractivity contribution >= 4 is 5.84 Å². The molecule has 0 aliphatic rings. The summed E-state index contributed by atoms with van der Waals surface area (Å²) in [7, 11) is 0. The summed E-state index contributed by atoms with van der Waals surface area (Å²) in [6, 6.07) is 13.9. The lowest BCUT2D eigenvalue weighted by Gasteiger charge is -2.10. The molecule has 0 bridgehead atoms. The van der Waals surface area contributed by atoms with Crippen LogP contribution in [0.2, 0.25) is 0 Å². The van der Waals surface area contributed by atoms with Crippen LogP contribution in [0, 0.1) is 6.92 Å². The van der Waals surface area contributed by atoms with Gasteiger partial charge in [-0.05, 0) is 18.6 Å². The van der Waals surface area contributed by atoms with Crippen LogP contribution in [-0.4, -0.2) is 5.84 Å². The smallest absolute Gasteiger partial charge is 0.270 e. The lowest BCUT2D eigenvalue weighted by molar-refractivity contribution is 0.0174. The van der Waals surface area contributed by atoms with Gasteiger partial charge in [-0.15, -0.1) is 0 Å². The number of nitrogens with zero attached hydrogens (tertiary/aromatic N) is 1. The third kappa shape index (κ3) is 4.12. The fourth-order valence-corrected chi connectivity index (χ4v) is 1.97. The number of hydrogen-bond acceptors (Lipinski definition) is 1. The number of hydrogen-bond donors (Lipinski definition) is 1. The molecule has 0 amide bonds. The highest BCUT2D eigenvalue weighted by Gasteiger charge is 2.23. The first-order chi connectivity index (χ1) is 9.86. The van der Waals surface area contributed by atoms with E-state index < -0.39 is 5.92 Å². The number of rotatable bonds is 4. The van der Waals surface area contributed by atoms with Gasteiger partial charge in [-0.3, -0.25) is 4.99 Å². The molecule has 2 rings (SSSR count). The lowest BCUT2D eigenvalue weighted by atomic mass is 10.1. The Labute approximate surface area is 123 Å². The second-order valence-electron chi connectivity index (χ2n) is 5.16. The van der Waals surface area contributed by atoms with Gasteiger partial charge in [0.25, 0.3) is 5.92 Å². The predicted molar refractivity (Wildman–Crippen MR) is 81.6 cm³/mol. The van der Waals surface area contributed by atoms with Crippen LogP contribution in [0.4, 0.5) is 8.78 Å². The fraction of sp³-hybridized carbons (Fsp3) is 0.235. The molecule has 0 heterocycles. The Balaban J connectivity index is 2.10. The third-order valence-electron chi connectivity index (χ3n) is 3.21. The Morgan fingerprint density at radius 2 is 1.81 bits per heavy atom. The number of aliphatic imine (C=N–C) groups is 1. The van der Waals surface area contributed by atoms with Crippen molar-refractivity contribution in [1.29, 1.82) is 0 Å². The third-order valence-corrected chi connectivity index (χ3v) is 3.21. The van der Waals surface area contributed by atoms with Crippen LogP contribution < -0.4 is 5.73 Å². The highest BCUT2D eigenvalue weighted by molar-refractivity contribution is 5.97. The SMILES string of the molecule is Cc1cccc(C(N)=NCc2ccc(C(C)(F)F)cc2)c1. The summed E-state index contributed by atoms with van der Waals surface area (Å²) >= 11 is 0. The van der Waals surface area contributed by atoms with E-state index >= 15 is 0 Å². The second-order valence-corrected chi connectivity index (χ2v) is 5.16. The lowest BCUT2D eigenvalue weighted by Crippen LogP contribution is -2.13. The van der Waals surface area contributed by atoms with E-state index in [1.165, 1.54) is 12.1 Å². The zero-order valence-corrected chi connectivity index (χ0v) is 12.1. The van der Waals surface area contributed by atoms with E-state index in [2.05, 4.69) is 4.99 Å². The van der Waals surface area contributed by atoms with E-state index in [4.69, 9.17) is 5.73 Å². The van der Waals surface area contributed by atoms with E-state index in [1.54, 1.807) is 12.1 Å². The van der Waals surface area contributed by atoms with Gasteiger partial charge < -0.3 is 5.73 Å². The molecule has 0 aromatic heterocycles. The van der Waals surface area contributed by atoms with Gasteiger partial charge in [0.05, 0.1) is 6.54 Å². The molecule has 0 saturated carbocycles. The Hall–Kier alpha value is -2.23. The van der Waals surface area contributed by atoms with Gasteiger partial charge in [0.15, 0.2) is 0 Å². The normalized spacial score (nSPS) is 12.5. The number of alkyl halides is 2. The van der Waals surface area contributed by atoms with Gasteiger partial charge in [0.1, 0.15) is 5.84 Å². The zero-order chi connectivity index (χ0) is 15.5. The molecule has 4 heteroatoms. The van der Waals surface area contributed by atoms with Crippen molar-refractivity contribution in [1.82, 2.24) is 0 Å². The molecule has 110 valence electrons. The Kier molecular flexibility index (Phi) is 4.36. The molecule has 2 aromatic carbocycles. The van der Waals surface area contributed by atoms with Gasteiger partial charge in [-0.2, -0.15) is 0 Å². The van der Waals surface area contributed by atoms with Crippen LogP contribution in [0.25, 0.3) is 0 Å². The van der Waals surface area contributed by atoms with E-state index in [0.717, 1.165) is 23.6 Å². The first-order valence-corrected chi connectivity index (χ1v) is 6.70. The molecule has 0 fully saturated rings. The van der Waals surface area contributed by atoms with Crippen molar-refractivity contribution in [2.45, 2.75) is 26.3 Å². The molecular formula is C17H18F2N2. The average Bonchev–Trinajstić information content (AvgIpc) is 2.44. The summed E-state index contributed by atoms with van der Waals surface area (Å²) in [6.45, 7) is 3.24. The van der Waals surface area contributed by atoms with Crippen molar-refractivity contribution in [3.05, 3.63) is 70.8 Å². The molecule has 2 aromatic rings. The summed E-state index contributed by atoms with van der Waals surface area (Å²) in [6.07, 6.45) is 0. The highest BCUT2D eigenvalue weighted by atomic mass is 19.3. The Bertz CT molecular complexity index is 641. The first kappa shape index (κ1) is 15.2. The highest BCUT2D eigenvalue weighted by Crippen LogP contribution is 2.26. The molecule has 2 N–H and O–H groups in total. The largest absolute Gasteiger partial charge is 0.383 e. The molecule has 0 atom stereocenters. The van der Waals surface area contributed by atoms with E-state index in [1.807, 2.05) is 31.2 Å². The summed E-state index contributed by atoms with van der Waals surface area (Å²) in [4.78, 5) is 4.30. The molecule has 0 aliphatic carbocycles. The maximum atomic E-state index is 13.1. The average molecular weight is 288 g/mol. The zero-order valence-electron chi connectivity index (χ0n) is 12.1. The van der Waals surface area contributed by atoms with Crippen LogP contribution in [0.15, 0.2) is 53.5 Å². The predicted octanol–water partition coefficient (Wildman–Crippen LogP) is 4.01. The first-order valence-electron chi connectivity index (χ1n) is 6.70. The molecule has 0 unspecified atom stereocenters. The van der Waals surface area contributed by atoms with Crippen LogP contribution in [-0.2, 0) is 12.5 Å². The van der Waals surface area contributed by atoms with E-state index in [9.17, 15) is 8.78 Å². The number of halogens is 2. The number of benzene rings is 2. The standard InChI is InChI=1S/C17H18F2N2/c1-12-4-3-5-14(10-12)16(20)21-11-13-6-8-15(9-7-13)17(2,18)19/h3-10H,11H2,1-2H3,(H2,20,21). The summed E-state index contributed by atoms with van der Waals surface area (Å²) in [5, 5.41) is 0. The van der Waals surface area contributed by atoms with E-state index in [0.29, 0.717) is 12.4 Å². The van der Waals surface area contributed by atoms with Gasteiger partial charge in [-0.1, -0.05) is 48.0 Å². The number of nitrogens with two attached hydrogens (primary N) is 1. The maximum absolute atomic E-state index is 13.1. The van der Waals surface area contributed by atoms with Gasteiger partial charge in [-0.25, -0.2) is 8.78 Å². The monoisotopic (exact) mass is 288 g/mol. The van der Waals surface area contributed by atoms with Gasteiger partial charge >= 0.3 is 0 Å². The summed E-state index contributed by atoms with van der Waals surface area (Å²) in [5.41, 5.74) is 8.77. The van der Waals surface area contributed by atoms with Crippen LogP contribution in [0.3, 0.4) is 0 Å². The second kappa shape index (κ2) is 6.04. The maximum Gasteiger partial charge on any atom is 0.270 e.